The number of carbonyl (C=O) groups is 1. The molecule has 1 aromatic heterocycles. The van der Waals surface area contributed by atoms with Crippen molar-refractivity contribution in [3.8, 4) is 17.5 Å². The number of benzene rings is 1. The molecule has 1 amide bonds. The first-order valence-corrected chi connectivity index (χ1v) is 11.9. The van der Waals surface area contributed by atoms with E-state index in [0.29, 0.717) is 44.9 Å². The maximum absolute atomic E-state index is 13.0. The van der Waals surface area contributed by atoms with E-state index in [-0.39, 0.29) is 29.9 Å². The Morgan fingerprint density at radius 1 is 1.23 bits per heavy atom. The Labute approximate surface area is 202 Å². The van der Waals surface area contributed by atoms with Crippen molar-refractivity contribution in [3.63, 3.8) is 0 Å². The largest absolute Gasteiger partial charge is 0.416 e. The molecule has 11 heteroatoms. The van der Waals surface area contributed by atoms with E-state index in [9.17, 15) is 23.2 Å². The molecule has 0 radical (unpaired) electrons. The molecule has 188 valence electrons. The molecule has 2 fully saturated rings. The van der Waals surface area contributed by atoms with Crippen molar-refractivity contribution in [1.29, 1.82) is 5.26 Å². The predicted octanol–water partition coefficient (Wildman–Crippen LogP) is 3.78. The van der Waals surface area contributed by atoms with Crippen LogP contribution < -0.4 is 5.32 Å². The molecule has 1 saturated heterocycles. The van der Waals surface area contributed by atoms with Gasteiger partial charge in [-0.2, -0.15) is 23.4 Å². The van der Waals surface area contributed by atoms with Gasteiger partial charge in [0.1, 0.15) is 5.54 Å². The fourth-order valence-corrected chi connectivity index (χ4v) is 4.75. The lowest BCUT2D eigenvalue weighted by Crippen LogP contribution is -2.54. The standard InChI is InChI=1S/C24H29F3N6O2/c1-17(22-29-21(31-35-22)18-6-5-7-19(14-18)24(25,26)27)33-12-10-32(11-13-33)15-20(34)30-23(16-28)8-3-2-4-9-23/h5-7,14,17H,2-4,8-13,15H2,1H3,(H,30,34). The summed E-state index contributed by atoms with van der Waals surface area (Å²) >= 11 is 0. The van der Waals surface area contributed by atoms with E-state index in [1.807, 2.05) is 11.8 Å². The lowest BCUT2D eigenvalue weighted by molar-refractivity contribution is -0.137. The van der Waals surface area contributed by atoms with Gasteiger partial charge in [-0.25, -0.2) is 0 Å². The van der Waals surface area contributed by atoms with E-state index in [2.05, 4.69) is 26.4 Å². The molecule has 2 aromatic rings. The van der Waals surface area contributed by atoms with E-state index >= 15 is 0 Å². The Hall–Kier alpha value is -2.97. The van der Waals surface area contributed by atoms with Crippen LogP contribution in [0.25, 0.3) is 11.4 Å². The molecular formula is C24H29F3N6O2. The number of nitrogens with zero attached hydrogens (tertiary/aromatic N) is 5. The molecule has 1 atom stereocenters. The molecule has 1 unspecified atom stereocenters. The highest BCUT2D eigenvalue weighted by Gasteiger charge is 2.35. The average Bonchev–Trinajstić information content (AvgIpc) is 3.34. The smallest absolute Gasteiger partial charge is 0.337 e. The van der Waals surface area contributed by atoms with Crippen molar-refractivity contribution in [3.05, 3.63) is 35.7 Å². The summed E-state index contributed by atoms with van der Waals surface area (Å²) in [4.78, 5) is 21.1. The highest BCUT2D eigenvalue weighted by Crippen LogP contribution is 2.32. The quantitative estimate of drug-likeness (QED) is 0.658. The molecule has 0 spiro atoms. The van der Waals surface area contributed by atoms with Gasteiger partial charge in [-0.05, 0) is 31.9 Å². The van der Waals surface area contributed by atoms with Crippen molar-refractivity contribution in [2.24, 2.45) is 0 Å². The van der Waals surface area contributed by atoms with Gasteiger partial charge in [0.05, 0.1) is 24.2 Å². The Bertz CT molecular complexity index is 1070. The summed E-state index contributed by atoms with van der Waals surface area (Å²) < 4.78 is 44.4. The summed E-state index contributed by atoms with van der Waals surface area (Å²) in [5.74, 6) is 0.317. The number of nitriles is 1. The summed E-state index contributed by atoms with van der Waals surface area (Å²) in [6, 6.07) is 6.94. The van der Waals surface area contributed by atoms with Crippen LogP contribution >= 0.6 is 0 Å². The van der Waals surface area contributed by atoms with Gasteiger partial charge >= 0.3 is 6.18 Å². The van der Waals surface area contributed by atoms with E-state index in [4.69, 9.17) is 4.52 Å². The van der Waals surface area contributed by atoms with Crippen LogP contribution in [0.1, 0.15) is 56.5 Å². The summed E-state index contributed by atoms with van der Waals surface area (Å²) in [5, 5.41) is 16.4. The third-order valence-corrected chi connectivity index (χ3v) is 6.87. The molecule has 35 heavy (non-hydrogen) atoms. The highest BCUT2D eigenvalue weighted by atomic mass is 19.4. The lowest BCUT2D eigenvalue weighted by atomic mass is 9.83. The fourth-order valence-electron chi connectivity index (χ4n) is 4.75. The number of aromatic nitrogens is 2. The summed E-state index contributed by atoms with van der Waals surface area (Å²) in [6.07, 6.45) is -0.0372. The SMILES string of the molecule is CC(c1nc(-c2cccc(C(F)(F)F)c2)no1)N1CCN(CC(=O)NC2(C#N)CCCCC2)CC1. The molecular weight excluding hydrogens is 461 g/mol. The normalized spacial score (nSPS) is 20.2. The van der Waals surface area contributed by atoms with Gasteiger partial charge in [0, 0.05) is 31.7 Å². The number of nitrogens with one attached hydrogen (secondary N) is 1. The van der Waals surface area contributed by atoms with Crippen molar-refractivity contribution < 1.29 is 22.5 Å². The Kier molecular flexibility index (Phi) is 7.42. The zero-order chi connectivity index (χ0) is 25.1. The third-order valence-electron chi connectivity index (χ3n) is 6.87. The van der Waals surface area contributed by atoms with Crippen molar-refractivity contribution >= 4 is 5.91 Å². The molecule has 1 aromatic carbocycles. The first-order chi connectivity index (χ1) is 16.7. The van der Waals surface area contributed by atoms with Gasteiger partial charge < -0.3 is 9.84 Å². The number of piperazine rings is 1. The number of amides is 1. The zero-order valence-corrected chi connectivity index (χ0v) is 19.6. The van der Waals surface area contributed by atoms with Crippen LogP contribution in [0.15, 0.2) is 28.8 Å². The van der Waals surface area contributed by atoms with Gasteiger partial charge in [-0.1, -0.05) is 36.6 Å². The van der Waals surface area contributed by atoms with Gasteiger partial charge in [0.25, 0.3) is 0 Å². The van der Waals surface area contributed by atoms with E-state index in [0.717, 1.165) is 31.4 Å². The number of hydrogen-bond acceptors (Lipinski definition) is 7. The molecule has 0 bridgehead atoms. The van der Waals surface area contributed by atoms with Crippen LogP contribution in [-0.2, 0) is 11.0 Å². The van der Waals surface area contributed by atoms with E-state index in [1.54, 1.807) is 0 Å². The van der Waals surface area contributed by atoms with Gasteiger partial charge in [0.2, 0.25) is 17.6 Å². The average molecular weight is 491 g/mol. The first kappa shape index (κ1) is 25.1. The monoisotopic (exact) mass is 490 g/mol. The Morgan fingerprint density at radius 2 is 1.94 bits per heavy atom. The van der Waals surface area contributed by atoms with Crippen LogP contribution in [0.4, 0.5) is 13.2 Å². The number of carbonyl (C=O) groups excluding carboxylic acids is 1. The Balaban J connectivity index is 1.30. The minimum atomic E-state index is -4.45. The van der Waals surface area contributed by atoms with Crippen LogP contribution in [0.2, 0.25) is 0 Å². The number of hydrogen-bond donors (Lipinski definition) is 1. The number of halogens is 3. The van der Waals surface area contributed by atoms with Gasteiger partial charge in [-0.15, -0.1) is 0 Å². The second-order valence-corrected chi connectivity index (χ2v) is 9.33. The molecule has 4 rings (SSSR count). The maximum atomic E-state index is 13.0. The highest BCUT2D eigenvalue weighted by molar-refractivity contribution is 5.79. The van der Waals surface area contributed by atoms with E-state index < -0.39 is 17.3 Å². The fraction of sp³-hybridized carbons (Fsp3) is 0.583. The Morgan fingerprint density at radius 3 is 2.60 bits per heavy atom. The number of alkyl halides is 3. The predicted molar refractivity (Wildman–Crippen MR) is 121 cm³/mol. The molecule has 2 heterocycles. The first-order valence-electron chi connectivity index (χ1n) is 11.9. The van der Waals surface area contributed by atoms with E-state index in [1.165, 1.54) is 12.1 Å². The molecule has 2 aliphatic rings. The van der Waals surface area contributed by atoms with Crippen molar-refractivity contribution in [2.75, 3.05) is 32.7 Å². The van der Waals surface area contributed by atoms with Crippen LogP contribution in [0, 0.1) is 11.3 Å². The van der Waals surface area contributed by atoms with Crippen molar-refractivity contribution in [2.45, 2.75) is 56.8 Å². The van der Waals surface area contributed by atoms with Gasteiger partial charge in [-0.3, -0.25) is 14.6 Å². The second-order valence-electron chi connectivity index (χ2n) is 9.33. The summed E-state index contributed by atoms with van der Waals surface area (Å²) in [7, 11) is 0. The molecule has 1 N–H and O–H groups in total. The lowest BCUT2D eigenvalue weighted by Gasteiger charge is -2.37. The molecule has 8 nitrogen and oxygen atoms in total. The second kappa shape index (κ2) is 10.3. The molecule has 1 aliphatic heterocycles. The topological polar surface area (TPSA) is 98.3 Å². The molecule has 1 aliphatic carbocycles. The van der Waals surface area contributed by atoms with Crippen LogP contribution in [0.3, 0.4) is 0 Å². The summed E-state index contributed by atoms with van der Waals surface area (Å²) in [5.41, 5.74) is -1.26. The minimum absolute atomic E-state index is 0.113. The zero-order valence-electron chi connectivity index (χ0n) is 19.6. The van der Waals surface area contributed by atoms with Crippen LogP contribution in [-0.4, -0.2) is 64.1 Å². The third kappa shape index (κ3) is 6.00. The summed E-state index contributed by atoms with van der Waals surface area (Å²) in [6.45, 7) is 4.80. The maximum Gasteiger partial charge on any atom is 0.416 e. The van der Waals surface area contributed by atoms with Crippen molar-refractivity contribution in [1.82, 2.24) is 25.3 Å². The minimum Gasteiger partial charge on any atom is -0.337 e. The van der Waals surface area contributed by atoms with Gasteiger partial charge in [0.15, 0.2) is 0 Å². The van der Waals surface area contributed by atoms with Crippen LogP contribution in [0.5, 0.6) is 0 Å². The number of rotatable bonds is 6. The molecule has 1 saturated carbocycles.